The SMILES string of the molecule is OCC1NCC(OC2OC(CO)C(O)C(O)C2O)C1O. The smallest absolute Gasteiger partial charge is 0.187 e. The van der Waals surface area contributed by atoms with Crippen LogP contribution in [0.4, 0.5) is 0 Å². The molecule has 2 aliphatic rings. The van der Waals surface area contributed by atoms with Crippen molar-refractivity contribution in [3.63, 3.8) is 0 Å². The third-order valence-electron chi connectivity index (χ3n) is 3.73. The van der Waals surface area contributed by atoms with Crippen LogP contribution in [0.1, 0.15) is 0 Å². The van der Waals surface area contributed by atoms with Crippen molar-refractivity contribution in [2.24, 2.45) is 0 Å². The fourth-order valence-corrected chi connectivity index (χ4v) is 2.42. The molecule has 2 aliphatic heterocycles. The first-order valence-electron chi connectivity index (χ1n) is 6.48. The molecule has 2 heterocycles. The van der Waals surface area contributed by atoms with E-state index in [-0.39, 0.29) is 13.2 Å². The first-order valence-corrected chi connectivity index (χ1v) is 6.48. The summed E-state index contributed by atoms with van der Waals surface area (Å²) < 4.78 is 10.6. The number of hydrogen-bond donors (Lipinski definition) is 7. The molecule has 9 nitrogen and oxygen atoms in total. The molecular formula is C11H21NO8. The Morgan fingerprint density at radius 3 is 2.20 bits per heavy atom. The Bertz CT molecular complexity index is 317. The highest BCUT2D eigenvalue weighted by Gasteiger charge is 2.46. The summed E-state index contributed by atoms with van der Waals surface area (Å²) in [5.41, 5.74) is 0. The molecule has 0 amide bonds. The van der Waals surface area contributed by atoms with E-state index in [2.05, 4.69) is 5.32 Å². The molecule has 2 fully saturated rings. The van der Waals surface area contributed by atoms with Crippen LogP contribution in [0, 0.1) is 0 Å². The molecule has 20 heavy (non-hydrogen) atoms. The van der Waals surface area contributed by atoms with Crippen molar-refractivity contribution >= 4 is 0 Å². The van der Waals surface area contributed by atoms with Crippen LogP contribution in [0.25, 0.3) is 0 Å². The van der Waals surface area contributed by atoms with Gasteiger partial charge in [-0.3, -0.25) is 0 Å². The van der Waals surface area contributed by atoms with E-state index < -0.39 is 55.6 Å². The second-order valence-corrected chi connectivity index (χ2v) is 5.06. The van der Waals surface area contributed by atoms with Crippen LogP contribution in [-0.2, 0) is 9.47 Å². The van der Waals surface area contributed by atoms with Gasteiger partial charge in [-0.15, -0.1) is 0 Å². The number of aliphatic hydroxyl groups is 6. The molecule has 0 aromatic rings. The molecular weight excluding hydrogens is 274 g/mol. The maximum Gasteiger partial charge on any atom is 0.187 e. The third-order valence-corrected chi connectivity index (χ3v) is 3.73. The van der Waals surface area contributed by atoms with Crippen LogP contribution in [0.3, 0.4) is 0 Å². The average Bonchev–Trinajstić information content (AvgIpc) is 2.80. The molecule has 0 saturated carbocycles. The van der Waals surface area contributed by atoms with Gasteiger partial charge in [0.25, 0.3) is 0 Å². The summed E-state index contributed by atoms with van der Waals surface area (Å²) in [5, 5.41) is 59.8. The molecule has 8 unspecified atom stereocenters. The first kappa shape index (κ1) is 16.0. The predicted octanol–water partition coefficient (Wildman–Crippen LogP) is -4.50. The summed E-state index contributed by atoms with van der Waals surface area (Å²) in [4.78, 5) is 0. The molecule has 0 radical (unpaired) electrons. The van der Waals surface area contributed by atoms with E-state index in [1.54, 1.807) is 0 Å². The van der Waals surface area contributed by atoms with Gasteiger partial charge in [-0.25, -0.2) is 0 Å². The monoisotopic (exact) mass is 295 g/mol. The highest BCUT2D eigenvalue weighted by molar-refractivity contribution is 4.94. The lowest BCUT2D eigenvalue weighted by atomic mass is 9.99. The summed E-state index contributed by atoms with van der Waals surface area (Å²) in [5.74, 6) is 0. The van der Waals surface area contributed by atoms with Gasteiger partial charge in [0, 0.05) is 6.54 Å². The van der Waals surface area contributed by atoms with Crippen molar-refractivity contribution in [1.82, 2.24) is 5.32 Å². The number of ether oxygens (including phenoxy) is 2. The topological polar surface area (TPSA) is 152 Å². The highest BCUT2D eigenvalue weighted by Crippen LogP contribution is 2.24. The summed E-state index contributed by atoms with van der Waals surface area (Å²) in [6, 6.07) is -0.537. The minimum Gasteiger partial charge on any atom is -0.395 e. The lowest BCUT2D eigenvalue weighted by molar-refractivity contribution is -0.314. The van der Waals surface area contributed by atoms with Crippen LogP contribution < -0.4 is 5.32 Å². The van der Waals surface area contributed by atoms with Gasteiger partial charge in [0.05, 0.1) is 25.4 Å². The van der Waals surface area contributed by atoms with E-state index in [4.69, 9.17) is 19.7 Å². The number of nitrogens with one attached hydrogen (secondary N) is 1. The molecule has 118 valence electrons. The van der Waals surface area contributed by atoms with Gasteiger partial charge in [-0.1, -0.05) is 0 Å². The summed E-state index contributed by atoms with van der Waals surface area (Å²) >= 11 is 0. The molecule has 0 spiro atoms. The van der Waals surface area contributed by atoms with Crippen molar-refractivity contribution in [2.45, 2.75) is 49.0 Å². The zero-order valence-electron chi connectivity index (χ0n) is 10.7. The van der Waals surface area contributed by atoms with Crippen LogP contribution >= 0.6 is 0 Å². The second-order valence-electron chi connectivity index (χ2n) is 5.06. The summed E-state index contributed by atoms with van der Waals surface area (Å²) in [6.07, 6.45) is -8.56. The van der Waals surface area contributed by atoms with E-state index in [9.17, 15) is 20.4 Å². The van der Waals surface area contributed by atoms with Crippen LogP contribution in [0.2, 0.25) is 0 Å². The molecule has 0 aromatic carbocycles. The molecule has 8 atom stereocenters. The zero-order chi connectivity index (χ0) is 14.9. The molecule has 7 N–H and O–H groups in total. The number of rotatable bonds is 4. The highest BCUT2D eigenvalue weighted by atomic mass is 16.7. The standard InChI is InChI=1S/C11H21NO8/c13-2-4-7(15)5(1-12-4)19-11-10(18)9(17)8(16)6(3-14)20-11/h4-18H,1-3H2. The van der Waals surface area contributed by atoms with Crippen molar-refractivity contribution in [3.8, 4) is 0 Å². The van der Waals surface area contributed by atoms with Gasteiger partial charge in [0.1, 0.15) is 30.5 Å². The van der Waals surface area contributed by atoms with Gasteiger partial charge in [-0.05, 0) is 0 Å². The van der Waals surface area contributed by atoms with E-state index in [0.717, 1.165) is 0 Å². The maximum atomic E-state index is 9.86. The van der Waals surface area contributed by atoms with Crippen molar-refractivity contribution in [2.75, 3.05) is 19.8 Å². The van der Waals surface area contributed by atoms with Crippen LogP contribution in [0.5, 0.6) is 0 Å². The Labute approximate surface area is 115 Å². The number of aliphatic hydroxyl groups excluding tert-OH is 6. The summed E-state index contributed by atoms with van der Waals surface area (Å²) in [7, 11) is 0. The van der Waals surface area contributed by atoms with E-state index in [1.807, 2.05) is 0 Å². The summed E-state index contributed by atoms with van der Waals surface area (Å²) in [6.45, 7) is -0.577. The Hall–Kier alpha value is -0.360. The molecule has 9 heteroatoms. The van der Waals surface area contributed by atoms with Gasteiger partial charge < -0.3 is 45.4 Å². The average molecular weight is 295 g/mol. The van der Waals surface area contributed by atoms with Gasteiger partial charge in [-0.2, -0.15) is 0 Å². The van der Waals surface area contributed by atoms with Crippen LogP contribution in [0.15, 0.2) is 0 Å². The van der Waals surface area contributed by atoms with E-state index in [0.29, 0.717) is 0 Å². The fourth-order valence-electron chi connectivity index (χ4n) is 2.42. The molecule has 0 bridgehead atoms. The minimum absolute atomic E-state index is 0.238. The normalized spacial score (nSPS) is 49.5. The second kappa shape index (κ2) is 6.60. The zero-order valence-corrected chi connectivity index (χ0v) is 10.7. The van der Waals surface area contributed by atoms with E-state index in [1.165, 1.54) is 0 Å². The van der Waals surface area contributed by atoms with Gasteiger partial charge in [0.15, 0.2) is 6.29 Å². The largest absolute Gasteiger partial charge is 0.395 e. The predicted molar refractivity (Wildman–Crippen MR) is 63.5 cm³/mol. The Kier molecular flexibility index (Phi) is 5.29. The van der Waals surface area contributed by atoms with Gasteiger partial charge >= 0.3 is 0 Å². The lowest BCUT2D eigenvalue weighted by Crippen LogP contribution is -2.60. The fraction of sp³-hybridized carbons (Fsp3) is 1.00. The number of hydrogen-bond acceptors (Lipinski definition) is 9. The van der Waals surface area contributed by atoms with Crippen molar-refractivity contribution in [1.29, 1.82) is 0 Å². The maximum absolute atomic E-state index is 9.86. The Morgan fingerprint density at radius 2 is 1.65 bits per heavy atom. The quantitative estimate of drug-likeness (QED) is 0.272. The molecule has 2 rings (SSSR count). The molecule has 0 aliphatic carbocycles. The van der Waals surface area contributed by atoms with E-state index >= 15 is 0 Å². The minimum atomic E-state index is -1.52. The molecule has 2 saturated heterocycles. The Balaban J connectivity index is 1.98. The van der Waals surface area contributed by atoms with Crippen molar-refractivity contribution < 1.29 is 40.1 Å². The molecule has 0 aromatic heterocycles. The van der Waals surface area contributed by atoms with Gasteiger partial charge in [0.2, 0.25) is 0 Å². The lowest BCUT2D eigenvalue weighted by Gasteiger charge is -2.40. The Morgan fingerprint density at radius 1 is 0.950 bits per heavy atom. The third kappa shape index (κ3) is 2.96. The first-order chi connectivity index (χ1) is 9.49. The van der Waals surface area contributed by atoms with Crippen molar-refractivity contribution in [3.05, 3.63) is 0 Å². The van der Waals surface area contributed by atoms with Crippen LogP contribution in [-0.4, -0.2) is 99.4 Å².